The number of imide groups is 1. The van der Waals surface area contributed by atoms with Gasteiger partial charge in [-0.25, -0.2) is 4.90 Å². The second kappa shape index (κ2) is 8.18. The molecule has 1 fully saturated rings. The molecule has 1 saturated heterocycles. The number of anilines is 1. The fourth-order valence-corrected chi connectivity index (χ4v) is 3.60. The maximum Gasteiger partial charge on any atom is 0.298 e. The number of carbonyl (C=O) groups is 2. The van der Waals surface area contributed by atoms with Crippen molar-refractivity contribution in [3.8, 4) is 0 Å². The smallest absolute Gasteiger partial charge is 0.268 e. The molecule has 0 N–H and O–H groups in total. The van der Waals surface area contributed by atoms with E-state index in [0.29, 0.717) is 11.3 Å². The van der Waals surface area contributed by atoms with Crippen LogP contribution in [0.5, 0.6) is 0 Å². The number of hydrogen-bond donors (Lipinski definition) is 0. The Morgan fingerprint density at radius 3 is 2.56 bits per heavy atom. The number of benzene rings is 2. The van der Waals surface area contributed by atoms with Gasteiger partial charge in [0.15, 0.2) is 0 Å². The van der Waals surface area contributed by atoms with Crippen molar-refractivity contribution in [3.05, 3.63) is 74.7 Å². The van der Waals surface area contributed by atoms with Crippen molar-refractivity contribution in [1.82, 2.24) is 0 Å². The van der Waals surface area contributed by atoms with Crippen molar-refractivity contribution in [2.75, 3.05) is 4.90 Å². The van der Waals surface area contributed by atoms with Crippen LogP contribution in [0.4, 0.5) is 16.2 Å². The van der Waals surface area contributed by atoms with E-state index in [9.17, 15) is 19.7 Å². The standard InChI is InChI=1S/C20H18N2O4S/c1-2-3-5-14-8-10-16(11-9-14)21-19(23)18(27-20(21)24)13-15-6-4-7-17(12-15)22(25)26/h4,6-13H,2-3,5H2,1H3/b18-13-. The molecule has 1 aliphatic rings. The van der Waals surface area contributed by atoms with Crippen LogP contribution in [0.2, 0.25) is 0 Å². The van der Waals surface area contributed by atoms with E-state index in [1.165, 1.54) is 23.8 Å². The second-order valence-corrected chi connectivity index (χ2v) is 7.13. The van der Waals surface area contributed by atoms with Crippen molar-refractivity contribution in [2.45, 2.75) is 26.2 Å². The Bertz CT molecular complexity index is 922. The predicted octanol–water partition coefficient (Wildman–Crippen LogP) is 5.18. The predicted molar refractivity (Wildman–Crippen MR) is 107 cm³/mol. The summed E-state index contributed by atoms with van der Waals surface area (Å²) in [5, 5.41) is 10.5. The molecule has 0 saturated carbocycles. The molecule has 1 heterocycles. The molecule has 0 unspecified atom stereocenters. The fraction of sp³-hybridized carbons (Fsp3) is 0.200. The first kappa shape index (κ1) is 18.8. The summed E-state index contributed by atoms with van der Waals surface area (Å²) in [4.78, 5) is 36.8. The number of thioether (sulfide) groups is 1. The minimum atomic E-state index is -0.497. The number of amides is 2. The third kappa shape index (κ3) is 4.25. The first-order valence-electron chi connectivity index (χ1n) is 8.61. The van der Waals surface area contributed by atoms with Gasteiger partial charge >= 0.3 is 0 Å². The molecular weight excluding hydrogens is 364 g/mol. The molecule has 7 heteroatoms. The van der Waals surface area contributed by atoms with Crippen LogP contribution < -0.4 is 4.90 Å². The number of rotatable bonds is 6. The van der Waals surface area contributed by atoms with E-state index in [1.807, 2.05) is 12.1 Å². The first-order valence-corrected chi connectivity index (χ1v) is 9.42. The monoisotopic (exact) mass is 382 g/mol. The van der Waals surface area contributed by atoms with Gasteiger partial charge in [-0.15, -0.1) is 0 Å². The topological polar surface area (TPSA) is 80.5 Å². The Hall–Kier alpha value is -2.93. The number of hydrogen-bond acceptors (Lipinski definition) is 5. The Morgan fingerprint density at radius 1 is 1.15 bits per heavy atom. The lowest BCUT2D eigenvalue weighted by atomic mass is 10.1. The summed E-state index contributed by atoms with van der Waals surface area (Å²) in [6.45, 7) is 2.13. The third-order valence-electron chi connectivity index (χ3n) is 4.19. The minimum Gasteiger partial charge on any atom is -0.268 e. The maximum atomic E-state index is 12.7. The molecular formula is C20H18N2O4S. The normalized spacial score (nSPS) is 15.6. The van der Waals surface area contributed by atoms with Gasteiger partial charge < -0.3 is 0 Å². The van der Waals surface area contributed by atoms with Crippen LogP contribution >= 0.6 is 11.8 Å². The van der Waals surface area contributed by atoms with Crippen molar-refractivity contribution in [1.29, 1.82) is 0 Å². The van der Waals surface area contributed by atoms with Crippen LogP contribution in [0.15, 0.2) is 53.4 Å². The highest BCUT2D eigenvalue weighted by Crippen LogP contribution is 2.36. The van der Waals surface area contributed by atoms with Gasteiger partial charge in [0.05, 0.1) is 15.5 Å². The number of nitrogens with zero attached hydrogens (tertiary/aromatic N) is 2. The Labute approximate surface area is 161 Å². The van der Waals surface area contributed by atoms with Crippen LogP contribution in [0, 0.1) is 10.1 Å². The molecule has 138 valence electrons. The average Bonchev–Trinajstić information content (AvgIpc) is 2.94. The van der Waals surface area contributed by atoms with Crippen LogP contribution in [-0.4, -0.2) is 16.1 Å². The van der Waals surface area contributed by atoms with Crippen LogP contribution in [0.1, 0.15) is 30.9 Å². The number of aryl methyl sites for hydroxylation is 1. The van der Waals surface area contributed by atoms with Crippen LogP contribution in [0.25, 0.3) is 6.08 Å². The van der Waals surface area contributed by atoms with Gasteiger partial charge in [-0.1, -0.05) is 37.6 Å². The summed E-state index contributed by atoms with van der Waals surface area (Å²) in [6.07, 6.45) is 4.67. The van der Waals surface area contributed by atoms with Crippen LogP contribution in [-0.2, 0) is 11.2 Å². The van der Waals surface area contributed by atoms with Gasteiger partial charge in [-0.05, 0) is 53.9 Å². The summed E-state index contributed by atoms with van der Waals surface area (Å²) in [5.41, 5.74) is 2.13. The van der Waals surface area contributed by atoms with E-state index in [4.69, 9.17) is 0 Å². The lowest BCUT2D eigenvalue weighted by molar-refractivity contribution is -0.384. The Balaban J connectivity index is 1.82. The lowest BCUT2D eigenvalue weighted by Gasteiger charge is -2.13. The average molecular weight is 382 g/mol. The van der Waals surface area contributed by atoms with Crippen LogP contribution in [0.3, 0.4) is 0 Å². The molecule has 2 aromatic rings. The Kier molecular flexibility index (Phi) is 5.71. The summed E-state index contributed by atoms with van der Waals surface area (Å²) in [6, 6.07) is 13.4. The zero-order valence-corrected chi connectivity index (χ0v) is 15.6. The van der Waals surface area contributed by atoms with Gasteiger partial charge in [0.25, 0.3) is 16.8 Å². The van der Waals surface area contributed by atoms with Gasteiger partial charge in [-0.2, -0.15) is 0 Å². The second-order valence-electron chi connectivity index (χ2n) is 6.14. The van der Waals surface area contributed by atoms with Crippen molar-refractivity contribution < 1.29 is 14.5 Å². The highest BCUT2D eigenvalue weighted by Gasteiger charge is 2.36. The zero-order chi connectivity index (χ0) is 19.4. The van der Waals surface area contributed by atoms with Crippen molar-refractivity contribution in [2.24, 2.45) is 0 Å². The fourth-order valence-electron chi connectivity index (χ4n) is 2.76. The highest BCUT2D eigenvalue weighted by molar-refractivity contribution is 8.19. The minimum absolute atomic E-state index is 0.0642. The largest absolute Gasteiger partial charge is 0.298 e. The van der Waals surface area contributed by atoms with E-state index in [1.54, 1.807) is 24.3 Å². The highest BCUT2D eigenvalue weighted by atomic mass is 32.2. The third-order valence-corrected chi connectivity index (χ3v) is 5.06. The summed E-state index contributed by atoms with van der Waals surface area (Å²) in [7, 11) is 0. The molecule has 2 aromatic carbocycles. The van der Waals surface area contributed by atoms with E-state index < -0.39 is 10.8 Å². The maximum absolute atomic E-state index is 12.7. The molecule has 1 aliphatic heterocycles. The molecule has 6 nitrogen and oxygen atoms in total. The van der Waals surface area contributed by atoms with Gasteiger partial charge in [-0.3, -0.25) is 19.7 Å². The molecule has 0 bridgehead atoms. The van der Waals surface area contributed by atoms with Gasteiger partial charge in [0.2, 0.25) is 0 Å². The molecule has 0 spiro atoms. The Morgan fingerprint density at radius 2 is 1.89 bits per heavy atom. The van der Waals surface area contributed by atoms with E-state index in [2.05, 4.69) is 6.92 Å². The molecule has 0 aliphatic carbocycles. The quantitative estimate of drug-likeness (QED) is 0.391. The number of carbonyl (C=O) groups excluding carboxylic acids is 2. The van der Waals surface area contributed by atoms with E-state index in [0.717, 1.165) is 35.9 Å². The van der Waals surface area contributed by atoms with Gasteiger partial charge in [0, 0.05) is 12.1 Å². The molecule has 2 amide bonds. The molecule has 0 radical (unpaired) electrons. The summed E-state index contributed by atoms with van der Waals surface area (Å²) < 4.78 is 0. The number of nitro benzene ring substituents is 1. The number of nitro groups is 1. The number of unbranched alkanes of at least 4 members (excludes halogenated alkanes) is 1. The summed E-state index contributed by atoms with van der Waals surface area (Å²) >= 11 is 0.832. The van der Waals surface area contributed by atoms with Gasteiger partial charge in [0.1, 0.15) is 0 Å². The van der Waals surface area contributed by atoms with E-state index in [-0.39, 0.29) is 15.8 Å². The number of non-ortho nitro benzene ring substituents is 1. The molecule has 0 aromatic heterocycles. The lowest BCUT2D eigenvalue weighted by Crippen LogP contribution is -2.27. The molecule has 3 rings (SSSR count). The SMILES string of the molecule is CCCCc1ccc(N2C(=O)S/C(=C\c3cccc([N+](=O)[O-])c3)C2=O)cc1. The molecule has 27 heavy (non-hydrogen) atoms. The molecule has 0 atom stereocenters. The zero-order valence-electron chi connectivity index (χ0n) is 14.8. The van der Waals surface area contributed by atoms with E-state index >= 15 is 0 Å². The van der Waals surface area contributed by atoms with Crippen molar-refractivity contribution >= 4 is 40.4 Å². The van der Waals surface area contributed by atoms with Crippen molar-refractivity contribution in [3.63, 3.8) is 0 Å². The first-order chi connectivity index (χ1) is 13.0. The summed E-state index contributed by atoms with van der Waals surface area (Å²) in [5.74, 6) is -0.419.